The predicted molar refractivity (Wildman–Crippen MR) is 117 cm³/mol. The Morgan fingerprint density at radius 3 is 2.18 bits per heavy atom. The highest BCUT2D eigenvalue weighted by Gasteiger charge is 2.42. The van der Waals surface area contributed by atoms with Gasteiger partial charge < -0.3 is 21.3 Å². The first-order valence-electron chi connectivity index (χ1n) is 10.5. The minimum atomic E-state index is -0.375. The van der Waals surface area contributed by atoms with Crippen LogP contribution in [0.5, 0.6) is 0 Å². The van der Waals surface area contributed by atoms with Crippen LogP contribution in [0.4, 0.5) is 11.4 Å². The number of nitrogens with zero attached hydrogens (tertiary/aromatic N) is 5. The van der Waals surface area contributed by atoms with Gasteiger partial charge in [-0.25, -0.2) is 4.99 Å². The summed E-state index contributed by atoms with van der Waals surface area (Å²) < 4.78 is 0. The quantitative estimate of drug-likeness (QED) is 0.837. The van der Waals surface area contributed by atoms with Gasteiger partial charge in [-0.3, -0.25) is 4.90 Å². The highest BCUT2D eigenvalue weighted by atomic mass is 15.4. The summed E-state index contributed by atoms with van der Waals surface area (Å²) in [5.41, 5.74) is 14.2. The molecule has 4 rings (SSSR count). The van der Waals surface area contributed by atoms with Crippen LogP contribution in [0.3, 0.4) is 0 Å². The first-order chi connectivity index (χ1) is 13.5. The van der Waals surface area contributed by atoms with Crippen LogP contribution in [0.15, 0.2) is 34.3 Å². The molecule has 1 aromatic rings. The molecular weight excluding hydrogens is 350 g/mol. The van der Waals surface area contributed by atoms with Gasteiger partial charge in [0.1, 0.15) is 5.66 Å². The summed E-state index contributed by atoms with van der Waals surface area (Å²) in [6.45, 7) is 2.19. The zero-order valence-electron chi connectivity index (χ0n) is 17.1. The van der Waals surface area contributed by atoms with Crippen molar-refractivity contribution in [2.45, 2.75) is 56.7 Å². The van der Waals surface area contributed by atoms with Gasteiger partial charge in [-0.05, 0) is 76.9 Å². The maximum Gasteiger partial charge on any atom is 0.220 e. The third-order valence-corrected chi connectivity index (χ3v) is 6.52. The number of nitrogens with two attached hydrogens (primary N) is 2. The van der Waals surface area contributed by atoms with Gasteiger partial charge in [-0.15, -0.1) is 0 Å². The number of piperidine rings is 1. The van der Waals surface area contributed by atoms with E-state index in [-0.39, 0.29) is 5.66 Å². The molecule has 152 valence electrons. The molecule has 3 aliphatic rings. The first kappa shape index (κ1) is 19.1. The van der Waals surface area contributed by atoms with E-state index in [2.05, 4.69) is 58.1 Å². The monoisotopic (exact) mass is 383 g/mol. The molecule has 0 aromatic heterocycles. The van der Waals surface area contributed by atoms with Gasteiger partial charge in [0.05, 0.1) is 0 Å². The Kier molecular flexibility index (Phi) is 5.19. The zero-order valence-corrected chi connectivity index (χ0v) is 17.1. The Hall–Kier alpha value is -2.28. The van der Waals surface area contributed by atoms with Crippen molar-refractivity contribution in [3.05, 3.63) is 24.3 Å². The molecule has 28 heavy (non-hydrogen) atoms. The second kappa shape index (κ2) is 7.62. The number of anilines is 2. The molecule has 7 heteroatoms. The fourth-order valence-electron chi connectivity index (χ4n) is 4.95. The molecule has 1 saturated heterocycles. The highest BCUT2D eigenvalue weighted by molar-refractivity contribution is 6.05. The number of hydrogen-bond donors (Lipinski definition) is 2. The topological polar surface area (TPSA) is 86.5 Å². The highest BCUT2D eigenvalue weighted by Crippen LogP contribution is 2.39. The summed E-state index contributed by atoms with van der Waals surface area (Å²) in [7, 11) is 4.35. The van der Waals surface area contributed by atoms with E-state index >= 15 is 0 Å². The maximum absolute atomic E-state index is 6.33. The van der Waals surface area contributed by atoms with E-state index < -0.39 is 0 Å². The summed E-state index contributed by atoms with van der Waals surface area (Å²) in [5.74, 6) is 0.755. The van der Waals surface area contributed by atoms with Crippen molar-refractivity contribution < 1.29 is 0 Å². The van der Waals surface area contributed by atoms with Gasteiger partial charge in [0.15, 0.2) is 0 Å². The van der Waals surface area contributed by atoms with Crippen molar-refractivity contribution >= 4 is 23.3 Å². The van der Waals surface area contributed by atoms with Crippen LogP contribution in [0, 0.1) is 0 Å². The summed E-state index contributed by atoms with van der Waals surface area (Å²) >= 11 is 0. The Bertz CT molecular complexity index is 739. The van der Waals surface area contributed by atoms with E-state index in [0.717, 1.165) is 44.5 Å². The van der Waals surface area contributed by atoms with Crippen LogP contribution in [0.1, 0.15) is 44.9 Å². The molecule has 1 aromatic carbocycles. The molecular formula is C21H33N7. The van der Waals surface area contributed by atoms with E-state index in [1.807, 2.05) is 0 Å². The Balaban J connectivity index is 1.54. The van der Waals surface area contributed by atoms with Gasteiger partial charge >= 0.3 is 0 Å². The van der Waals surface area contributed by atoms with Gasteiger partial charge in [0.2, 0.25) is 11.9 Å². The Labute approximate surface area is 168 Å². The van der Waals surface area contributed by atoms with Gasteiger partial charge in [-0.1, -0.05) is 6.42 Å². The van der Waals surface area contributed by atoms with E-state index in [0.29, 0.717) is 18.0 Å². The molecule has 0 atom stereocenters. The summed E-state index contributed by atoms with van der Waals surface area (Å²) in [6, 6.07) is 9.41. The Morgan fingerprint density at radius 1 is 0.964 bits per heavy atom. The number of rotatable bonds is 3. The number of benzene rings is 1. The van der Waals surface area contributed by atoms with Crippen molar-refractivity contribution in [1.29, 1.82) is 0 Å². The summed E-state index contributed by atoms with van der Waals surface area (Å²) in [6.07, 6.45) is 7.85. The molecule has 1 spiro atoms. The molecule has 1 aliphatic carbocycles. The van der Waals surface area contributed by atoms with Crippen molar-refractivity contribution in [2.75, 3.05) is 37.0 Å². The minimum absolute atomic E-state index is 0.302. The molecule has 0 radical (unpaired) electrons. The second-order valence-electron chi connectivity index (χ2n) is 8.52. The lowest BCUT2D eigenvalue weighted by Crippen LogP contribution is -2.58. The van der Waals surface area contributed by atoms with Crippen LogP contribution in [-0.2, 0) is 0 Å². The molecule has 2 aliphatic heterocycles. The lowest BCUT2D eigenvalue weighted by atomic mass is 9.87. The van der Waals surface area contributed by atoms with E-state index in [1.54, 1.807) is 0 Å². The molecule has 2 fully saturated rings. The zero-order chi connectivity index (χ0) is 19.7. The van der Waals surface area contributed by atoms with Gasteiger partial charge in [0.25, 0.3) is 0 Å². The summed E-state index contributed by atoms with van der Waals surface area (Å²) in [5, 5.41) is 0. The largest absolute Gasteiger partial charge is 0.371 e. The lowest BCUT2D eigenvalue weighted by Gasteiger charge is -2.45. The van der Waals surface area contributed by atoms with Crippen LogP contribution < -0.4 is 21.3 Å². The molecule has 7 nitrogen and oxygen atoms in total. The lowest BCUT2D eigenvalue weighted by molar-refractivity contribution is 0.249. The maximum atomic E-state index is 6.33. The third-order valence-electron chi connectivity index (χ3n) is 6.52. The molecule has 4 N–H and O–H groups in total. The van der Waals surface area contributed by atoms with Crippen molar-refractivity contribution in [3.63, 3.8) is 0 Å². The predicted octanol–water partition coefficient (Wildman–Crippen LogP) is 2.33. The normalized spacial score (nSPS) is 23.1. The van der Waals surface area contributed by atoms with Crippen molar-refractivity contribution in [1.82, 2.24) is 4.90 Å². The number of hydrogen-bond acceptors (Lipinski definition) is 7. The molecule has 0 amide bonds. The first-order valence-corrected chi connectivity index (χ1v) is 10.5. The third kappa shape index (κ3) is 3.55. The standard InChI is InChI=1S/C21H33N7/c1-26(2)16-10-14-27(15-11-16)17-6-8-18(9-7-17)28-20(23)24-19(22)25-21(28)12-4-3-5-13-21/h6-9,16H,3-5,10-15H2,1-2H3,(H4,22,23,24,25). The smallest absolute Gasteiger partial charge is 0.220 e. The average molecular weight is 384 g/mol. The van der Waals surface area contributed by atoms with Crippen molar-refractivity contribution in [2.24, 2.45) is 21.5 Å². The number of aliphatic imine (C=N–C) groups is 2. The van der Waals surface area contributed by atoms with Crippen LogP contribution in [0.2, 0.25) is 0 Å². The molecule has 0 bridgehead atoms. The van der Waals surface area contributed by atoms with Gasteiger partial charge in [-0.2, -0.15) is 4.99 Å². The van der Waals surface area contributed by atoms with Crippen molar-refractivity contribution in [3.8, 4) is 0 Å². The Morgan fingerprint density at radius 2 is 1.57 bits per heavy atom. The SMILES string of the molecule is CN(C)C1CCN(c2ccc(N3C(N)=NC(N)=NC34CCCCC4)cc2)CC1. The van der Waals surface area contributed by atoms with Crippen LogP contribution in [0.25, 0.3) is 0 Å². The van der Waals surface area contributed by atoms with E-state index in [1.165, 1.54) is 24.9 Å². The molecule has 2 heterocycles. The fraction of sp³-hybridized carbons (Fsp3) is 0.619. The summed E-state index contributed by atoms with van der Waals surface area (Å²) in [4.78, 5) is 15.9. The van der Waals surface area contributed by atoms with Crippen LogP contribution >= 0.6 is 0 Å². The van der Waals surface area contributed by atoms with E-state index in [4.69, 9.17) is 16.5 Å². The minimum Gasteiger partial charge on any atom is -0.371 e. The fourth-order valence-corrected chi connectivity index (χ4v) is 4.95. The second-order valence-corrected chi connectivity index (χ2v) is 8.52. The van der Waals surface area contributed by atoms with Crippen LogP contribution in [-0.4, -0.2) is 55.7 Å². The molecule has 0 unspecified atom stereocenters. The van der Waals surface area contributed by atoms with E-state index in [9.17, 15) is 0 Å². The van der Waals surface area contributed by atoms with Gasteiger partial charge in [0, 0.05) is 30.5 Å². The molecule has 1 saturated carbocycles. The average Bonchev–Trinajstić information content (AvgIpc) is 2.68. The number of guanidine groups is 2.